The average molecular weight is 268 g/mol. The minimum absolute atomic E-state index is 0.0931. The Hall–Kier alpha value is -1.10. The Balaban J connectivity index is 1.89. The molecule has 2 saturated heterocycles. The molecule has 0 aromatic heterocycles. The van der Waals surface area contributed by atoms with E-state index in [1.807, 2.05) is 9.80 Å². The molecule has 2 heterocycles. The second kappa shape index (κ2) is 5.90. The van der Waals surface area contributed by atoms with Gasteiger partial charge in [-0.3, -0.25) is 9.59 Å². The van der Waals surface area contributed by atoms with Crippen LogP contribution >= 0.6 is 0 Å². The Labute approximate surface area is 114 Å². The summed E-state index contributed by atoms with van der Waals surface area (Å²) in [5.41, 5.74) is 0. The molecule has 19 heavy (non-hydrogen) atoms. The first-order chi connectivity index (χ1) is 9.01. The van der Waals surface area contributed by atoms with E-state index in [1.165, 1.54) is 0 Å². The van der Waals surface area contributed by atoms with Crippen LogP contribution in [-0.4, -0.2) is 59.5 Å². The summed E-state index contributed by atoms with van der Waals surface area (Å²) in [7, 11) is 0. The lowest BCUT2D eigenvalue weighted by Crippen LogP contribution is -2.36. The third-order valence-corrected chi connectivity index (χ3v) is 4.00. The smallest absolute Gasteiger partial charge is 0.228 e. The Morgan fingerprint density at radius 1 is 1.42 bits per heavy atom. The van der Waals surface area contributed by atoms with E-state index in [0.29, 0.717) is 25.4 Å². The first-order valence-electron chi connectivity index (χ1n) is 7.18. The summed E-state index contributed by atoms with van der Waals surface area (Å²) in [5.74, 6) is 0.667. The first kappa shape index (κ1) is 14.3. The van der Waals surface area contributed by atoms with Crippen LogP contribution in [0.2, 0.25) is 0 Å². The van der Waals surface area contributed by atoms with E-state index in [9.17, 15) is 9.59 Å². The van der Waals surface area contributed by atoms with E-state index in [-0.39, 0.29) is 30.3 Å². The number of aliphatic hydroxyl groups is 1. The second-order valence-electron chi connectivity index (χ2n) is 6.22. The van der Waals surface area contributed by atoms with Gasteiger partial charge in [0.1, 0.15) is 0 Å². The highest BCUT2D eigenvalue weighted by Crippen LogP contribution is 2.24. The molecule has 0 bridgehead atoms. The van der Waals surface area contributed by atoms with Gasteiger partial charge in [-0.05, 0) is 12.3 Å². The van der Waals surface area contributed by atoms with E-state index in [1.54, 1.807) is 0 Å². The molecule has 2 fully saturated rings. The highest BCUT2D eigenvalue weighted by molar-refractivity contribution is 5.89. The van der Waals surface area contributed by atoms with E-state index >= 15 is 0 Å². The molecule has 0 spiro atoms. The van der Waals surface area contributed by atoms with Gasteiger partial charge in [0, 0.05) is 45.1 Å². The lowest BCUT2D eigenvalue weighted by atomic mass is 10.1. The topological polar surface area (TPSA) is 60.9 Å². The molecule has 108 valence electrons. The molecule has 2 rings (SSSR count). The maximum absolute atomic E-state index is 12.4. The Morgan fingerprint density at radius 3 is 2.74 bits per heavy atom. The van der Waals surface area contributed by atoms with Crippen molar-refractivity contribution in [3.8, 4) is 0 Å². The lowest BCUT2D eigenvalue weighted by Gasteiger charge is -2.21. The molecular formula is C14H24N2O3. The number of carbonyl (C=O) groups is 2. The third-order valence-electron chi connectivity index (χ3n) is 4.00. The minimum atomic E-state index is -0.177. The average Bonchev–Trinajstić information content (AvgIpc) is 2.95. The minimum Gasteiger partial charge on any atom is -0.396 e. The van der Waals surface area contributed by atoms with Gasteiger partial charge in [-0.15, -0.1) is 0 Å². The highest BCUT2D eigenvalue weighted by atomic mass is 16.3. The Bertz CT molecular complexity index is 357. The molecule has 2 unspecified atom stereocenters. The molecule has 1 N–H and O–H groups in total. The standard InChI is InChI=1S/C14H24N2O3/c1-10(2)6-16-8-12(5-13(16)18)14(19)15-4-3-11(7-15)9-17/h10-12,17H,3-9H2,1-2H3. The molecule has 5 nitrogen and oxygen atoms in total. The number of likely N-dealkylation sites (tertiary alicyclic amines) is 2. The van der Waals surface area contributed by atoms with Gasteiger partial charge in [0.15, 0.2) is 0 Å². The van der Waals surface area contributed by atoms with Gasteiger partial charge in [-0.25, -0.2) is 0 Å². The van der Waals surface area contributed by atoms with Gasteiger partial charge in [0.25, 0.3) is 0 Å². The zero-order chi connectivity index (χ0) is 14.0. The summed E-state index contributed by atoms with van der Waals surface area (Å²) in [5, 5.41) is 9.11. The summed E-state index contributed by atoms with van der Waals surface area (Å²) < 4.78 is 0. The summed E-state index contributed by atoms with van der Waals surface area (Å²) in [4.78, 5) is 27.9. The van der Waals surface area contributed by atoms with Gasteiger partial charge < -0.3 is 14.9 Å². The maximum atomic E-state index is 12.4. The fourth-order valence-corrected chi connectivity index (χ4v) is 2.99. The van der Waals surface area contributed by atoms with E-state index in [2.05, 4.69) is 13.8 Å². The fraction of sp³-hybridized carbons (Fsp3) is 0.857. The molecule has 0 aliphatic carbocycles. The second-order valence-corrected chi connectivity index (χ2v) is 6.22. The molecule has 2 amide bonds. The zero-order valence-electron chi connectivity index (χ0n) is 11.8. The van der Waals surface area contributed by atoms with Crippen molar-refractivity contribution >= 4 is 11.8 Å². The zero-order valence-corrected chi connectivity index (χ0v) is 11.8. The molecule has 2 aliphatic heterocycles. The van der Waals surface area contributed by atoms with Crippen LogP contribution in [0, 0.1) is 17.8 Å². The Morgan fingerprint density at radius 2 is 2.16 bits per heavy atom. The summed E-state index contributed by atoms with van der Waals surface area (Å²) in [6.07, 6.45) is 1.23. The SMILES string of the molecule is CC(C)CN1CC(C(=O)N2CCC(CO)C2)CC1=O. The summed E-state index contributed by atoms with van der Waals surface area (Å²) in [6, 6.07) is 0. The quantitative estimate of drug-likeness (QED) is 0.799. The highest BCUT2D eigenvalue weighted by Gasteiger charge is 2.38. The van der Waals surface area contributed by atoms with Crippen molar-refractivity contribution in [3.63, 3.8) is 0 Å². The molecular weight excluding hydrogens is 244 g/mol. The first-order valence-corrected chi connectivity index (χ1v) is 7.18. The molecule has 2 atom stereocenters. The summed E-state index contributed by atoms with van der Waals surface area (Å²) in [6.45, 7) is 6.97. The van der Waals surface area contributed by atoms with Crippen LogP contribution in [0.1, 0.15) is 26.7 Å². The van der Waals surface area contributed by atoms with Gasteiger partial charge in [0.2, 0.25) is 11.8 Å². The molecule has 0 aromatic rings. The number of amides is 2. The predicted octanol–water partition coefficient (Wildman–Crippen LogP) is 0.332. The van der Waals surface area contributed by atoms with Gasteiger partial charge in [-0.1, -0.05) is 13.8 Å². The molecule has 2 aliphatic rings. The lowest BCUT2D eigenvalue weighted by molar-refractivity contribution is -0.135. The van der Waals surface area contributed by atoms with E-state index < -0.39 is 0 Å². The summed E-state index contributed by atoms with van der Waals surface area (Å²) >= 11 is 0. The van der Waals surface area contributed by atoms with E-state index in [4.69, 9.17) is 5.11 Å². The number of hydrogen-bond acceptors (Lipinski definition) is 3. The van der Waals surface area contributed by atoms with Crippen LogP contribution in [0.5, 0.6) is 0 Å². The Kier molecular flexibility index (Phi) is 4.45. The van der Waals surface area contributed by atoms with Crippen molar-refractivity contribution in [1.29, 1.82) is 0 Å². The normalized spacial score (nSPS) is 27.7. The van der Waals surface area contributed by atoms with Crippen LogP contribution in [-0.2, 0) is 9.59 Å². The third kappa shape index (κ3) is 3.26. The van der Waals surface area contributed by atoms with Crippen LogP contribution in [0.4, 0.5) is 0 Å². The fourth-order valence-electron chi connectivity index (χ4n) is 2.99. The van der Waals surface area contributed by atoms with Crippen LogP contribution in [0.3, 0.4) is 0 Å². The molecule has 0 saturated carbocycles. The van der Waals surface area contributed by atoms with Crippen molar-refractivity contribution in [2.45, 2.75) is 26.7 Å². The van der Waals surface area contributed by atoms with Crippen LogP contribution in [0.25, 0.3) is 0 Å². The molecule has 0 aromatic carbocycles. The van der Waals surface area contributed by atoms with Crippen molar-refractivity contribution in [2.24, 2.45) is 17.8 Å². The number of nitrogens with zero attached hydrogens (tertiary/aromatic N) is 2. The van der Waals surface area contributed by atoms with Crippen LogP contribution in [0.15, 0.2) is 0 Å². The van der Waals surface area contributed by atoms with Gasteiger partial charge >= 0.3 is 0 Å². The van der Waals surface area contributed by atoms with Gasteiger partial charge in [0.05, 0.1) is 5.92 Å². The van der Waals surface area contributed by atoms with Crippen molar-refractivity contribution < 1.29 is 14.7 Å². The van der Waals surface area contributed by atoms with Crippen LogP contribution < -0.4 is 0 Å². The number of hydrogen-bond donors (Lipinski definition) is 1. The van der Waals surface area contributed by atoms with Gasteiger partial charge in [-0.2, -0.15) is 0 Å². The molecule has 0 radical (unpaired) electrons. The number of aliphatic hydroxyl groups excluding tert-OH is 1. The van der Waals surface area contributed by atoms with Crippen molar-refractivity contribution in [3.05, 3.63) is 0 Å². The van der Waals surface area contributed by atoms with E-state index in [0.717, 1.165) is 19.5 Å². The number of rotatable bonds is 4. The monoisotopic (exact) mass is 268 g/mol. The molecule has 5 heteroatoms. The maximum Gasteiger partial charge on any atom is 0.228 e. The number of carbonyl (C=O) groups excluding carboxylic acids is 2. The van der Waals surface area contributed by atoms with Crippen molar-refractivity contribution in [2.75, 3.05) is 32.8 Å². The predicted molar refractivity (Wildman–Crippen MR) is 71.3 cm³/mol. The van der Waals surface area contributed by atoms with Crippen molar-refractivity contribution in [1.82, 2.24) is 9.80 Å². The largest absolute Gasteiger partial charge is 0.396 e.